The third-order valence-electron chi connectivity index (χ3n) is 3.62. The topological polar surface area (TPSA) is 125 Å². The summed E-state index contributed by atoms with van der Waals surface area (Å²) in [5.74, 6) is -0.454. The van der Waals surface area contributed by atoms with E-state index in [4.69, 9.17) is 15.6 Å². The van der Waals surface area contributed by atoms with E-state index in [0.717, 1.165) is 0 Å². The van der Waals surface area contributed by atoms with E-state index in [1.54, 1.807) is 31.2 Å². The number of carbonyl (C=O) groups is 1. The van der Waals surface area contributed by atoms with E-state index in [-0.39, 0.29) is 24.3 Å². The van der Waals surface area contributed by atoms with Crippen molar-refractivity contribution in [2.75, 3.05) is 18.5 Å². The van der Waals surface area contributed by atoms with Gasteiger partial charge >= 0.3 is 0 Å². The fourth-order valence-corrected chi connectivity index (χ4v) is 2.77. The summed E-state index contributed by atoms with van der Waals surface area (Å²) in [7, 11) is -3.56. The maximum absolute atomic E-state index is 12.3. The number of benzene rings is 1. The first-order chi connectivity index (χ1) is 9.71. The molecule has 0 saturated carbocycles. The van der Waals surface area contributed by atoms with Crippen LogP contribution in [-0.4, -0.2) is 33.6 Å². The van der Waals surface area contributed by atoms with Crippen LogP contribution >= 0.6 is 0 Å². The van der Waals surface area contributed by atoms with E-state index in [2.05, 4.69) is 5.32 Å². The molecule has 1 aliphatic rings. The summed E-state index contributed by atoms with van der Waals surface area (Å²) in [6, 6.07) is 6.12. The van der Waals surface area contributed by atoms with Crippen LogP contribution in [0.15, 0.2) is 24.3 Å². The standard InChI is InChI=1S/C13H19N3O4S/c1-13(8-20-6-11(13)14)12(17)16-10-4-2-9(3-5-10)7-21(15,18)19/h2-5,11H,6-8,14H2,1H3,(H,16,17)(H2,15,18,19). The van der Waals surface area contributed by atoms with E-state index in [9.17, 15) is 13.2 Å². The van der Waals surface area contributed by atoms with E-state index in [1.807, 2.05) is 0 Å². The number of primary sulfonamides is 1. The molecule has 1 aromatic rings. The zero-order valence-corrected chi connectivity index (χ0v) is 12.5. The Kier molecular flexibility index (Phi) is 4.33. The van der Waals surface area contributed by atoms with Crippen molar-refractivity contribution < 1.29 is 17.9 Å². The lowest BCUT2D eigenvalue weighted by Crippen LogP contribution is -2.47. The summed E-state index contributed by atoms with van der Waals surface area (Å²) in [5.41, 5.74) is 6.26. The summed E-state index contributed by atoms with van der Waals surface area (Å²) >= 11 is 0. The molecule has 0 spiro atoms. The maximum atomic E-state index is 12.3. The summed E-state index contributed by atoms with van der Waals surface area (Å²) in [6.07, 6.45) is 0. The Morgan fingerprint density at radius 3 is 2.52 bits per heavy atom. The molecular weight excluding hydrogens is 294 g/mol. The Bertz CT molecular complexity index is 629. The minimum atomic E-state index is -3.56. The zero-order valence-electron chi connectivity index (χ0n) is 11.7. The first-order valence-corrected chi connectivity index (χ1v) is 8.16. The first-order valence-electron chi connectivity index (χ1n) is 6.45. The van der Waals surface area contributed by atoms with Gasteiger partial charge in [0.15, 0.2) is 0 Å². The molecule has 5 N–H and O–H groups in total. The number of ether oxygens (including phenoxy) is 1. The van der Waals surface area contributed by atoms with Gasteiger partial charge in [0.2, 0.25) is 15.9 Å². The average Bonchev–Trinajstić information content (AvgIpc) is 2.72. The van der Waals surface area contributed by atoms with Crippen molar-refractivity contribution >= 4 is 21.6 Å². The molecule has 21 heavy (non-hydrogen) atoms. The summed E-state index contributed by atoms with van der Waals surface area (Å²) in [6.45, 7) is 2.40. The van der Waals surface area contributed by atoms with Crippen molar-refractivity contribution in [1.82, 2.24) is 0 Å². The molecule has 1 saturated heterocycles. The maximum Gasteiger partial charge on any atom is 0.234 e. The number of rotatable bonds is 4. The van der Waals surface area contributed by atoms with Crippen molar-refractivity contribution in [2.24, 2.45) is 16.3 Å². The number of hydrogen-bond acceptors (Lipinski definition) is 5. The fraction of sp³-hybridized carbons (Fsp3) is 0.462. The van der Waals surface area contributed by atoms with E-state index >= 15 is 0 Å². The van der Waals surface area contributed by atoms with Gasteiger partial charge in [0.1, 0.15) is 0 Å². The molecule has 1 aliphatic heterocycles. The molecule has 0 radical (unpaired) electrons. The number of nitrogens with two attached hydrogens (primary N) is 2. The van der Waals surface area contributed by atoms with Gasteiger partial charge in [-0.05, 0) is 24.6 Å². The van der Waals surface area contributed by atoms with Gasteiger partial charge in [-0.25, -0.2) is 13.6 Å². The highest BCUT2D eigenvalue weighted by atomic mass is 32.2. The number of nitrogens with one attached hydrogen (secondary N) is 1. The molecule has 1 amide bonds. The minimum Gasteiger partial charge on any atom is -0.379 e. The van der Waals surface area contributed by atoms with Crippen LogP contribution in [-0.2, 0) is 25.3 Å². The second-order valence-corrected chi connectivity index (χ2v) is 7.11. The predicted octanol–water partition coefficient (Wildman–Crippen LogP) is -0.223. The van der Waals surface area contributed by atoms with Crippen LogP contribution in [0.5, 0.6) is 0 Å². The van der Waals surface area contributed by atoms with E-state index < -0.39 is 15.4 Å². The fourth-order valence-electron chi connectivity index (χ4n) is 2.11. The highest BCUT2D eigenvalue weighted by Crippen LogP contribution is 2.28. The third-order valence-corrected chi connectivity index (χ3v) is 4.35. The van der Waals surface area contributed by atoms with Crippen LogP contribution in [0.3, 0.4) is 0 Å². The number of sulfonamides is 1. The van der Waals surface area contributed by atoms with Crippen molar-refractivity contribution in [3.05, 3.63) is 29.8 Å². The molecule has 2 rings (SSSR count). The highest BCUT2D eigenvalue weighted by molar-refractivity contribution is 7.88. The van der Waals surface area contributed by atoms with E-state index in [1.165, 1.54) is 0 Å². The van der Waals surface area contributed by atoms with Gasteiger partial charge in [-0.1, -0.05) is 12.1 Å². The highest BCUT2D eigenvalue weighted by Gasteiger charge is 2.44. The molecule has 116 valence electrons. The Morgan fingerprint density at radius 1 is 1.43 bits per heavy atom. The molecule has 2 atom stereocenters. The normalized spacial score (nSPS) is 25.8. The Morgan fingerprint density at radius 2 is 2.05 bits per heavy atom. The SMILES string of the molecule is CC1(C(=O)Nc2ccc(CS(N)(=O)=O)cc2)COCC1N. The number of carbonyl (C=O) groups excluding carboxylic acids is 1. The van der Waals surface area contributed by atoms with Crippen LogP contribution in [0.2, 0.25) is 0 Å². The monoisotopic (exact) mass is 313 g/mol. The lowest BCUT2D eigenvalue weighted by molar-refractivity contribution is -0.125. The van der Waals surface area contributed by atoms with Crippen LogP contribution in [0, 0.1) is 5.41 Å². The Balaban J connectivity index is 2.05. The third kappa shape index (κ3) is 3.79. The average molecular weight is 313 g/mol. The van der Waals surface area contributed by atoms with Crippen molar-refractivity contribution in [3.8, 4) is 0 Å². The quantitative estimate of drug-likeness (QED) is 0.708. The Hall–Kier alpha value is -1.48. The summed E-state index contributed by atoms with van der Waals surface area (Å²) in [5, 5.41) is 7.74. The van der Waals surface area contributed by atoms with Crippen molar-refractivity contribution in [2.45, 2.75) is 18.7 Å². The molecule has 7 nitrogen and oxygen atoms in total. The van der Waals surface area contributed by atoms with Crippen molar-refractivity contribution in [1.29, 1.82) is 0 Å². The lowest BCUT2D eigenvalue weighted by Gasteiger charge is -2.25. The lowest BCUT2D eigenvalue weighted by atomic mass is 9.85. The molecule has 8 heteroatoms. The van der Waals surface area contributed by atoms with Crippen LogP contribution < -0.4 is 16.2 Å². The molecule has 2 unspecified atom stereocenters. The largest absolute Gasteiger partial charge is 0.379 e. The van der Waals surface area contributed by atoms with E-state index in [0.29, 0.717) is 17.9 Å². The molecule has 0 aromatic heterocycles. The van der Waals surface area contributed by atoms with Crippen molar-refractivity contribution in [3.63, 3.8) is 0 Å². The second kappa shape index (κ2) is 5.72. The predicted molar refractivity (Wildman–Crippen MR) is 78.8 cm³/mol. The Labute approximate surface area is 123 Å². The molecule has 0 aliphatic carbocycles. The van der Waals surface area contributed by atoms with Gasteiger partial charge in [0.05, 0.1) is 24.4 Å². The molecule has 1 heterocycles. The van der Waals surface area contributed by atoms with Crippen LogP contribution in [0.25, 0.3) is 0 Å². The summed E-state index contributed by atoms with van der Waals surface area (Å²) in [4.78, 5) is 12.3. The number of amides is 1. The minimum absolute atomic E-state index is 0.216. The number of anilines is 1. The first kappa shape index (κ1) is 15.9. The van der Waals surface area contributed by atoms with Gasteiger partial charge in [0.25, 0.3) is 0 Å². The van der Waals surface area contributed by atoms with Gasteiger partial charge in [0, 0.05) is 11.7 Å². The molecule has 0 bridgehead atoms. The second-order valence-electron chi connectivity index (χ2n) is 5.50. The number of hydrogen-bond donors (Lipinski definition) is 3. The van der Waals surface area contributed by atoms with Gasteiger partial charge in [-0.2, -0.15) is 0 Å². The van der Waals surface area contributed by atoms with Crippen LogP contribution in [0.4, 0.5) is 5.69 Å². The van der Waals surface area contributed by atoms with Crippen LogP contribution in [0.1, 0.15) is 12.5 Å². The van der Waals surface area contributed by atoms with Gasteiger partial charge < -0.3 is 15.8 Å². The molecular formula is C13H19N3O4S. The van der Waals surface area contributed by atoms with Gasteiger partial charge in [-0.3, -0.25) is 4.79 Å². The zero-order chi connectivity index (χ0) is 15.7. The van der Waals surface area contributed by atoms with Gasteiger partial charge in [-0.15, -0.1) is 0 Å². The smallest absolute Gasteiger partial charge is 0.234 e. The molecule has 1 aromatic carbocycles. The summed E-state index contributed by atoms with van der Waals surface area (Å²) < 4.78 is 27.2. The molecule has 1 fully saturated rings.